The average molecular weight is 639 g/mol. The zero-order valence-electron chi connectivity index (χ0n) is 23.8. The number of amides is 2. The van der Waals surface area contributed by atoms with Crippen LogP contribution in [0.2, 0.25) is 10.0 Å². The predicted octanol–water partition coefficient (Wildman–Crippen LogP) is 5.48. The Morgan fingerprint density at radius 2 is 1.84 bits per heavy atom. The number of benzene rings is 3. The van der Waals surface area contributed by atoms with Crippen LogP contribution in [0.25, 0.3) is 10.9 Å². The number of rotatable bonds is 9. The maximum atomic E-state index is 14.4. The molecule has 1 saturated heterocycles. The van der Waals surface area contributed by atoms with Gasteiger partial charge in [-0.25, -0.2) is 4.39 Å². The summed E-state index contributed by atoms with van der Waals surface area (Å²) in [5, 5.41) is 21.9. The number of likely N-dealkylation sites (tertiary alicyclic amines) is 1. The molecule has 0 spiro atoms. The molecule has 6 rings (SSSR count). The molecule has 12 heteroatoms. The summed E-state index contributed by atoms with van der Waals surface area (Å²) >= 11 is 12.1. The Hall–Kier alpha value is -3.99. The van der Waals surface area contributed by atoms with E-state index < -0.39 is 18.1 Å². The molecule has 44 heavy (non-hydrogen) atoms. The molecule has 1 saturated carbocycles. The summed E-state index contributed by atoms with van der Waals surface area (Å²) in [6.07, 6.45) is 1.25. The van der Waals surface area contributed by atoms with Crippen molar-refractivity contribution in [2.45, 2.75) is 57.6 Å². The van der Waals surface area contributed by atoms with Crippen molar-refractivity contribution >= 4 is 57.4 Å². The Morgan fingerprint density at radius 1 is 1.07 bits per heavy atom. The number of hydrogen-bond acceptors (Lipinski definition) is 6. The molecule has 2 heterocycles. The van der Waals surface area contributed by atoms with Crippen molar-refractivity contribution in [2.75, 3.05) is 5.32 Å². The van der Waals surface area contributed by atoms with Crippen LogP contribution in [-0.2, 0) is 22.7 Å². The molecule has 1 aliphatic heterocycles. The highest BCUT2D eigenvalue weighted by atomic mass is 35.5. The minimum atomic E-state index is -1.09. The number of fused-ring (bicyclic) bond motifs is 3. The molecule has 1 unspecified atom stereocenters. The van der Waals surface area contributed by atoms with Crippen LogP contribution in [0.4, 0.5) is 10.1 Å². The van der Waals surface area contributed by atoms with Crippen molar-refractivity contribution in [3.63, 3.8) is 0 Å². The van der Waals surface area contributed by atoms with E-state index in [1.807, 2.05) is 0 Å². The lowest BCUT2D eigenvalue weighted by molar-refractivity contribution is -0.143. The van der Waals surface area contributed by atoms with Gasteiger partial charge in [-0.15, -0.1) is 0 Å². The molecule has 4 atom stereocenters. The number of halogens is 3. The normalized spacial score (nSPS) is 19.8. The van der Waals surface area contributed by atoms with E-state index in [0.717, 1.165) is 19.3 Å². The van der Waals surface area contributed by atoms with Gasteiger partial charge >= 0.3 is 0 Å². The zero-order chi connectivity index (χ0) is 31.1. The van der Waals surface area contributed by atoms with Crippen molar-refractivity contribution in [3.8, 4) is 0 Å². The van der Waals surface area contributed by atoms with Gasteiger partial charge in [-0.3, -0.25) is 19.1 Å². The summed E-state index contributed by atoms with van der Waals surface area (Å²) in [7, 11) is 0. The number of hydrogen-bond donors (Lipinski definition) is 3. The van der Waals surface area contributed by atoms with Crippen LogP contribution in [0.5, 0.6) is 0 Å². The van der Waals surface area contributed by atoms with Gasteiger partial charge in [-0.2, -0.15) is 5.10 Å². The summed E-state index contributed by atoms with van der Waals surface area (Å²) in [4.78, 5) is 41.3. The fourth-order valence-electron chi connectivity index (χ4n) is 6.45. The van der Waals surface area contributed by atoms with E-state index >= 15 is 0 Å². The topological polar surface area (TPSA) is 117 Å². The number of Topliss-reactive ketones (excluding diaryl/α,β-unsaturated/α-hetero) is 1. The van der Waals surface area contributed by atoms with Crippen LogP contribution in [-0.4, -0.2) is 49.5 Å². The summed E-state index contributed by atoms with van der Waals surface area (Å²) in [6, 6.07) is 15.9. The number of nitrogens with one attached hydrogen (secondary N) is 2. The summed E-state index contributed by atoms with van der Waals surface area (Å²) in [5.74, 6) is -1.49. The fraction of sp³-hybridized carbons (Fsp3) is 0.312. The van der Waals surface area contributed by atoms with Gasteiger partial charge in [0, 0.05) is 46.7 Å². The van der Waals surface area contributed by atoms with Gasteiger partial charge in [0.2, 0.25) is 11.8 Å². The lowest BCUT2D eigenvalue weighted by Gasteiger charge is -2.34. The number of ketones is 1. The third-order valence-corrected chi connectivity index (χ3v) is 9.13. The van der Waals surface area contributed by atoms with Crippen molar-refractivity contribution in [2.24, 2.45) is 5.92 Å². The second-order valence-electron chi connectivity index (χ2n) is 11.3. The third-order valence-electron chi connectivity index (χ3n) is 8.50. The van der Waals surface area contributed by atoms with E-state index in [2.05, 4.69) is 15.7 Å². The molecule has 2 aliphatic rings. The van der Waals surface area contributed by atoms with E-state index in [9.17, 15) is 23.9 Å². The van der Waals surface area contributed by atoms with Crippen LogP contribution in [0.3, 0.4) is 0 Å². The molecular formula is C32H30Cl2FN5O4. The Morgan fingerprint density at radius 3 is 2.61 bits per heavy atom. The summed E-state index contributed by atoms with van der Waals surface area (Å²) < 4.78 is 15.9. The first-order valence-corrected chi connectivity index (χ1v) is 15.1. The van der Waals surface area contributed by atoms with E-state index in [1.54, 1.807) is 59.5 Å². The lowest BCUT2D eigenvalue weighted by Crippen LogP contribution is -2.53. The molecule has 0 radical (unpaired) electrons. The van der Waals surface area contributed by atoms with E-state index in [-0.39, 0.29) is 58.9 Å². The third kappa shape index (κ3) is 5.65. The van der Waals surface area contributed by atoms with Crippen molar-refractivity contribution in [1.29, 1.82) is 0 Å². The highest BCUT2D eigenvalue weighted by Crippen LogP contribution is 2.43. The molecule has 3 N–H and O–H groups in total. The van der Waals surface area contributed by atoms with Crippen LogP contribution in [0, 0.1) is 11.7 Å². The van der Waals surface area contributed by atoms with Crippen molar-refractivity contribution in [3.05, 3.63) is 93.3 Å². The fourth-order valence-corrected chi connectivity index (χ4v) is 6.88. The van der Waals surface area contributed by atoms with Gasteiger partial charge in [-0.1, -0.05) is 53.5 Å². The van der Waals surface area contributed by atoms with Gasteiger partial charge in [0.15, 0.2) is 12.0 Å². The zero-order valence-corrected chi connectivity index (χ0v) is 25.3. The van der Waals surface area contributed by atoms with Crippen LogP contribution in [0.15, 0.2) is 60.7 Å². The van der Waals surface area contributed by atoms with Gasteiger partial charge in [0.05, 0.1) is 10.5 Å². The Kier molecular flexibility index (Phi) is 8.32. The number of aliphatic hydroxyl groups is 1. The predicted molar refractivity (Wildman–Crippen MR) is 165 cm³/mol. The number of piperidine rings is 1. The first-order valence-electron chi connectivity index (χ1n) is 14.3. The Labute approximate surface area is 262 Å². The second kappa shape index (κ2) is 12.2. The number of carbonyl (C=O) groups excluding carboxylic acids is 3. The second-order valence-corrected chi connectivity index (χ2v) is 12.1. The standard InChI is InChI=1S/C32H30Cl2FN5O4/c1-17(41)29-23-14-20(37-31(43)22-6-2-3-7-24(22)33)10-12-26(23)39(38-29)16-27(42)40-21-11-9-18(13-21)30(40)32(44)36-15-19-5-4-8-25(34)28(19)35/h2-8,10,12,14,18,21,30-31,37,43H,9,11,13,15-16H2,1H3,(H,36,44)/t18-,21+,30-,31?/m0/s1. The van der Waals surface area contributed by atoms with E-state index in [4.69, 9.17) is 23.2 Å². The van der Waals surface area contributed by atoms with Gasteiger partial charge < -0.3 is 20.6 Å². The average Bonchev–Trinajstić information content (AvgIpc) is 3.71. The van der Waals surface area contributed by atoms with Crippen molar-refractivity contribution in [1.82, 2.24) is 20.0 Å². The highest BCUT2D eigenvalue weighted by molar-refractivity contribution is 6.31. The van der Waals surface area contributed by atoms with Gasteiger partial charge in [0.1, 0.15) is 24.1 Å². The molecule has 1 aliphatic carbocycles. The number of aliphatic hydroxyl groups excluding tert-OH is 1. The number of anilines is 1. The number of carbonyl (C=O) groups is 3. The first-order chi connectivity index (χ1) is 21.1. The smallest absolute Gasteiger partial charge is 0.245 e. The van der Waals surface area contributed by atoms with Crippen molar-refractivity contribution < 1.29 is 23.9 Å². The molecule has 3 aromatic carbocycles. The quantitative estimate of drug-likeness (QED) is 0.165. The summed E-state index contributed by atoms with van der Waals surface area (Å²) in [6.45, 7) is 1.18. The number of nitrogens with zero attached hydrogens (tertiary/aromatic N) is 3. The Balaban J connectivity index is 1.22. The van der Waals surface area contributed by atoms with Gasteiger partial charge in [0.25, 0.3) is 0 Å². The minimum absolute atomic E-state index is 0.00785. The van der Waals surface area contributed by atoms with E-state index in [1.165, 1.54) is 17.7 Å². The molecule has 4 aromatic rings. The molecule has 2 fully saturated rings. The van der Waals surface area contributed by atoms with Gasteiger partial charge in [-0.05, 0) is 55.5 Å². The number of aromatic nitrogens is 2. The lowest BCUT2D eigenvalue weighted by atomic mass is 9.97. The molecule has 2 bridgehead atoms. The van der Waals surface area contributed by atoms with Crippen LogP contribution >= 0.6 is 23.2 Å². The molecule has 2 amide bonds. The molecule has 9 nitrogen and oxygen atoms in total. The van der Waals surface area contributed by atoms with Crippen LogP contribution < -0.4 is 10.6 Å². The SMILES string of the molecule is CC(=O)c1nn(CC(=O)N2[C@@H]3CC[C@@H](C3)[C@H]2C(=O)NCc2cccc(Cl)c2F)c2ccc(NC(O)c3ccccc3Cl)cc12. The molecule has 228 valence electrons. The monoisotopic (exact) mass is 637 g/mol. The molecule has 1 aromatic heterocycles. The molecular weight excluding hydrogens is 608 g/mol. The maximum Gasteiger partial charge on any atom is 0.245 e. The first kappa shape index (κ1) is 30.1. The highest BCUT2D eigenvalue weighted by Gasteiger charge is 2.51. The Bertz CT molecular complexity index is 1780. The summed E-state index contributed by atoms with van der Waals surface area (Å²) in [5.41, 5.74) is 2.04. The minimum Gasteiger partial charge on any atom is -0.369 e. The van der Waals surface area contributed by atoms with Crippen LogP contribution in [0.1, 0.15) is 54.0 Å². The largest absolute Gasteiger partial charge is 0.369 e. The van der Waals surface area contributed by atoms with E-state index in [0.29, 0.717) is 27.2 Å². The maximum absolute atomic E-state index is 14.4.